The standard InChI is InChI=1S/C19H20Cl2N2O/c1-23(2)13-12-22-16-9-6-14(7-10-16)18(24)11-8-15-4-3-5-17(20)19(15)21/h3-11,22H,12-13H2,1-2H3/b11-8+. The van der Waals surface area contributed by atoms with E-state index < -0.39 is 0 Å². The Morgan fingerprint density at radius 1 is 1.12 bits per heavy atom. The van der Waals surface area contributed by atoms with Crippen LogP contribution in [0.1, 0.15) is 15.9 Å². The number of hydrogen-bond acceptors (Lipinski definition) is 3. The van der Waals surface area contributed by atoms with Crippen LogP contribution < -0.4 is 5.32 Å². The second-order valence-corrected chi connectivity index (χ2v) is 6.43. The highest BCUT2D eigenvalue weighted by Gasteiger charge is 2.04. The van der Waals surface area contributed by atoms with Gasteiger partial charge >= 0.3 is 0 Å². The van der Waals surface area contributed by atoms with Crippen molar-refractivity contribution in [2.24, 2.45) is 0 Å². The van der Waals surface area contributed by atoms with Gasteiger partial charge in [-0.15, -0.1) is 0 Å². The summed E-state index contributed by atoms with van der Waals surface area (Å²) in [6.45, 7) is 1.80. The van der Waals surface area contributed by atoms with Crippen LogP contribution in [0.4, 0.5) is 5.69 Å². The summed E-state index contributed by atoms with van der Waals surface area (Å²) in [6.07, 6.45) is 3.19. The highest BCUT2D eigenvalue weighted by Crippen LogP contribution is 2.26. The molecule has 0 aromatic heterocycles. The molecule has 0 radical (unpaired) electrons. The van der Waals surface area contributed by atoms with Crippen LogP contribution in [0.3, 0.4) is 0 Å². The Morgan fingerprint density at radius 3 is 2.50 bits per heavy atom. The minimum absolute atomic E-state index is 0.0779. The van der Waals surface area contributed by atoms with Crippen molar-refractivity contribution in [1.82, 2.24) is 4.90 Å². The van der Waals surface area contributed by atoms with Crippen molar-refractivity contribution in [2.45, 2.75) is 0 Å². The summed E-state index contributed by atoms with van der Waals surface area (Å²) >= 11 is 12.1. The molecule has 0 heterocycles. The van der Waals surface area contributed by atoms with Crippen LogP contribution in [0.2, 0.25) is 10.0 Å². The van der Waals surface area contributed by atoms with Gasteiger partial charge in [-0.2, -0.15) is 0 Å². The number of nitrogens with one attached hydrogen (secondary N) is 1. The van der Waals surface area contributed by atoms with Crippen molar-refractivity contribution >= 4 is 40.7 Å². The van der Waals surface area contributed by atoms with Crippen molar-refractivity contribution in [1.29, 1.82) is 0 Å². The lowest BCUT2D eigenvalue weighted by Gasteiger charge is -2.11. The molecule has 0 aliphatic carbocycles. The number of anilines is 1. The Labute approximate surface area is 152 Å². The van der Waals surface area contributed by atoms with Crippen LogP contribution >= 0.6 is 23.2 Å². The summed E-state index contributed by atoms with van der Waals surface area (Å²) in [7, 11) is 4.06. The smallest absolute Gasteiger partial charge is 0.185 e. The number of halogens is 2. The molecule has 24 heavy (non-hydrogen) atoms. The molecule has 0 aliphatic heterocycles. The van der Waals surface area contributed by atoms with Gasteiger partial charge in [-0.1, -0.05) is 35.3 Å². The van der Waals surface area contributed by atoms with Crippen molar-refractivity contribution in [3.63, 3.8) is 0 Å². The molecule has 2 aromatic carbocycles. The number of benzene rings is 2. The Hall–Kier alpha value is -1.81. The van der Waals surface area contributed by atoms with E-state index in [1.54, 1.807) is 18.2 Å². The van der Waals surface area contributed by atoms with Crippen LogP contribution in [0.15, 0.2) is 48.5 Å². The Morgan fingerprint density at radius 2 is 1.83 bits per heavy atom. The lowest BCUT2D eigenvalue weighted by atomic mass is 10.1. The zero-order valence-electron chi connectivity index (χ0n) is 13.7. The minimum atomic E-state index is -0.0779. The summed E-state index contributed by atoms with van der Waals surface area (Å²) in [5.41, 5.74) is 2.34. The lowest BCUT2D eigenvalue weighted by molar-refractivity contribution is 0.104. The molecule has 0 saturated heterocycles. The van der Waals surface area contributed by atoms with E-state index >= 15 is 0 Å². The number of carbonyl (C=O) groups is 1. The van der Waals surface area contributed by atoms with Gasteiger partial charge in [0, 0.05) is 24.3 Å². The normalized spacial score (nSPS) is 11.2. The van der Waals surface area contributed by atoms with Crippen LogP contribution in [0, 0.1) is 0 Å². The number of ketones is 1. The summed E-state index contributed by atoms with van der Waals surface area (Å²) < 4.78 is 0. The maximum atomic E-state index is 12.2. The molecule has 126 valence electrons. The zero-order chi connectivity index (χ0) is 17.5. The van der Waals surface area contributed by atoms with E-state index in [-0.39, 0.29) is 5.78 Å². The minimum Gasteiger partial charge on any atom is -0.384 e. The molecule has 0 unspecified atom stereocenters. The number of carbonyl (C=O) groups excluding carboxylic acids is 1. The molecule has 2 aromatic rings. The van der Waals surface area contributed by atoms with E-state index in [9.17, 15) is 4.79 Å². The molecule has 0 bridgehead atoms. The first-order valence-corrected chi connectivity index (χ1v) is 8.38. The van der Waals surface area contributed by atoms with Gasteiger partial charge in [0.15, 0.2) is 5.78 Å². The fourth-order valence-electron chi connectivity index (χ4n) is 2.09. The van der Waals surface area contributed by atoms with Crippen molar-refractivity contribution in [2.75, 3.05) is 32.5 Å². The van der Waals surface area contributed by atoms with E-state index in [0.29, 0.717) is 15.6 Å². The number of rotatable bonds is 7. The SMILES string of the molecule is CN(C)CCNc1ccc(C(=O)/C=C/c2cccc(Cl)c2Cl)cc1. The zero-order valence-corrected chi connectivity index (χ0v) is 15.2. The van der Waals surface area contributed by atoms with E-state index in [1.165, 1.54) is 6.08 Å². The van der Waals surface area contributed by atoms with Gasteiger partial charge in [0.25, 0.3) is 0 Å². The summed E-state index contributed by atoms with van der Waals surface area (Å²) in [5.74, 6) is -0.0779. The highest BCUT2D eigenvalue weighted by molar-refractivity contribution is 6.42. The molecule has 2 rings (SSSR count). The Kier molecular flexibility index (Phi) is 6.85. The van der Waals surface area contributed by atoms with Gasteiger partial charge in [-0.05, 0) is 62.1 Å². The molecular weight excluding hydrogens is 343 g/mol. The molecule has 0 atom stereocenters. The molecule has 0 saturated carbocycles. The average molecular weight is 363 g/mol. The summed E-state index contributed by atoms with van der Waals surface area (Å²) in [6, 6.07) is 12.8. The third-order valence-corrected chi connectivity index (χ3v) is 4.29. The first-order chi connectivity index (χ1) is 11.5. The Bertz CT molecular complexity index is 725. The molecule has 0 amide bonds. The fourth-order valence-corrected chi connectivity index (χ4v) is 2.46. The highest BCUT2D eigenvalue weighted by atomic mass is 35.5. The maximum Gasteiger partial charge on any atom is 0.185 e. The van der Waals surface area contributed by atoms with Gasteiger partial charge in [0.05, 0.1) is 10.0 Å². The molecule has 0 spiro atoms. The first kappa shape index (κ1) is 18.5. The lowest BCUT2D eigenvalue weighted by Crippen LogP contribution is -2.20. The van der Waals surface area contributed by atoms with Gasteiger partial charge < -0.3 is 10.2 Å². The second-order valence-electron chi connectivity index (χ2n) is 5.65. The van der Waals surface area contributed by atoms with E-state index in [0.717, 1.165) is 24.3 Å². The predicted octanol–water partition coefficient (Wildman–Crippen LogP) is 4.86. The molecular formula is C19H20Cl2N2O. The quantitative estimate of drug-likeness (QED) is 0.563. The van der Waals surface area contributed by atoms with E-state index in [1.807, 2.05) is 44.4 Å². The third-order valence-electron chi connectivity index (χ3n) is 3.45. The summed E-state index contributed by atoms with van der Waals surface area (Å²) in [4.78, 5) is 14.3. The van der Waals surface area contributed by atoms with Crippen LogP contribution in [-0.4, -0.2) is 37.9 Å². The van der Waals surface area contributed by atoms with E-state index in [2.05, 4.69) is 10.2 Å². The summed E-state index contributed by atoms with van der Waals surface area (Å²) in [5, 5.41) is 4.23. The van der Waals surface area contributed by atoms with Crippen LogP contribution in [-0.2, 0) is 0 Å². The van der Waals surface area contributed by atoms with Gasteiger partial charge in [-0.25, -0.2) is 0 Å². The van der Waals surface area contributed by atoms with Crippen molar-refractivity contribution in [3.8, 4) is 0 Å². The number of allylic oxidation sites excluding steroid dienone is 1. The fraction of sp³-hybridized carbons (Fsp3) is 0.211. The van der Waals surface area contributed by atoms with Gasteiger partial charge in [0.1, 0.15) is 0 Å². The first-order valence-electron chi connectivity index (χ1n) is 7.62. The molecule has 5 heteroatoms. The van der Waals surface area contributed by atoms with Crippen LogP contribution in [0.5, 0.6) is 0 Å². The molecule has 0 fully saturated rings. The van der Waals surface area contributed by atoms with Gasteiger partial charge in [0.2, 0.25) is 0 Å². The second kappa shape index (κ2) is 8.88. The molecule has 0 aliphatic rings. The van der Waals surface area contributed by atoms with Crippen LogP contribution in [0.25, 0.3) is 6.08 Å². The van der Waals surface area contributed by atoms with Gasteiger partial charge in [-0.3, -0.25) is 4.79 Å². The Balaban J connectivity index is 1.99. The number of likely N-dealkylation sites (N-methyl/N-ethyl adjacent to an activating group) is 1. The third kappa shape index (κ3) is 5.38. The predicted molar refractivity (Wildman–Crippen MR) is 103 cm³/mol. The molecule has 1 N–H and O–H groups in total. The average Bonchev–Trinajstić information content (AvgIpc) is 2.56. The monoisotopic (exact) mass is 362 g/mol. The van der Waals surface area contributed by atoms with Crippen molar-refractivity contribution < 1.29 is 4.79 Å². The topological polar surface area (TPSA) is 32.3 Å². The number of hydrogen-bond donors (Lipinski definition) is 1. The van der Waals surface area contributed by atoms with Crippen molar-refractivity contribution in [3.05, 3.63) is 69.7 Å². The number of nitrogens with zero attached hydrogens (tertiary/aromatic N) is 1. The largest absolute Gasteiger partial charge is 0.384 e. The van der Waals surface area contributed by atoms with E-state index in [4.69, 9.17) is 23.2 Å². The maximum absolute atomic E-state index is 12.2. The molecule has 3 nitrogen and oxygen atoms in total.